The van der Waals surface area contributed by atoms with Crippen LogP contribution in [-0.4, -0.2) is 31.3 Å². The molecule has 1 aliphatic rings. The summed E-state index contributed by atoms with van der Waals surface area (Å²) in [6, 6.07) is 15.1. The topological polar surface area (TPSA) is 38.5 Å². The zero-order chi connectivity index (χ0) is 16.9. The van der Waals surface area contributed by atoms with Crippen molar-refractivity contribution in [3.63, 3.8) is 0 Å². The van der Waals surface area contributed by atoms with Crippen molar-refractivity contribution in [1.82, 2.24) is 4.90 Å². The lowest BCUT2D eigenvalue weighted by molar-refractivity contribution is 0.140. The maximum Gasteiger partial charge on any atom is 0.123 e. The Morgan fingerprint density at radius 2 is 1.83 bits per heavy atom. The third-order valence-corrected chi connectivity index (χ3v) is 4.95. The van der Waals surface area contributed by atoms with Gasteiger partial charge in [0.15, 0.2) is 0 Å². The Balaban J connectivity index is 1.53. The second kappa shape index (κ2) is 7.77. The summed E-state index contributed by atoms with van der Waals surface area (Å²) in [5, 5.41) is 0. The fourth-order valence-electron chi connectivity index (χ4n) is 3.43. The van der Waals surface area contributed by atoms with Gasteiger partial charge in [0, 0.05) is 13.1 Å². The van der Waals surface area contributed by atoms with Crippen LogP contribution in [0, 0.1) is 5.82 Å². The molecular weight excluding hydrogens is 303 g/mol. The zero-order valence-electron chi connectivity index (χ0n) is 14.1. The van der Waals surface area contributed by atoms with Gasteiger partial charge in [0.1, 0.15) is 11.6 Å². The average molecular weight is 328 g/mol. The maximum atomic E-state index is 13.0. The quantitative estimate of drug-likeness (QED) is 0.912. The molecular formula is C20H25FN2O. The van der Waals surface area contributed by atoms with E-state index in [0.29, 0.717) is 5.92 Å². The highest BCUT2D eigenvalue weighted by molar-refractivity contribution is 5.29. The second-order valence-electron chi connectivity index (χ2n) is 6.47. The number of rotatable bonds is 5. The molecule has 0 bridgehead atoms. The van der Waals surface area contributed by atoms with E-state index in [2.05, 4.69) is 17.0 Å². The first-order valence-corrected chi connectivity index (χ1v) is 8.54. The number of ether oxygens (including phenoxy) is 1. The van der Waals surface area contributed by atoms with Gasteiger partial charge in [-0.05, 0) is 60.6 Å². The molecule has 2 aromatic rings. The first-order chi connectivity index (χ1) is 11.7. The van der Waals surface area contributed by atoms with Crippen molar-refractivity contribution in [2.45, 2.75) is 31.3 Å². The summed E-state index contributed by atoms with van der Waals surface area (Å²) in [5.74, 6) is 1.21. The number of methoxy groups -OCH3 is 1. The van der Waals surface area contributed by atoms with Crippen LogP contribution >= 0.6 is 0 Å². The smallest absolute Gasteiger partial charge is 0.123 e. The summed E-state index contributed by atoms with van der Waals surface area (Å²) in [4.78, 5) is 2.34. The predicted molar refractivity (Wildman–Crippen MR) is 94.6 cm³/mol. The molecule has 1 saturated heterocycles. The normalized spacial score (nSPS) is 21.6. The summed E-state index contributed by atoms with van der Waals surface area (Å²) in [7, 11) is 1.69. The molecule has 2 N–H and O–H groups in total. The van der Waals surface area contributed by atoms with E-state index in [1.165, 1.54) is 17.7 Å². The van der Waals surface area contributed by atoms with E-state index in [1.807, 2.05) is 24.3 Å². The maximum absolute atomic E-state index is 13.0. The summed E-state index contributed by atoms with van der Waals surface area (Å²) >= 11 is 0. The van der Waals surface area contributed by atoms with Gasteiger partial charge in [-0.15, -0.1) is 0 Å². The van der Waals surface area contributed by atoms with E-state index >= 15 is 0 Å². The van der Waals surface area contributed by atoms with Crippen LogP contribution in [0.4, 0.5) is 4.39 Å². The van der Waals surface area contributed by atoms with Gasteiger partial charge in [-0.3, -0.25) is 4.90 Å². The first kappa shape index (κ1) is 16.9. The van der Waals surface area contributed by atoms with Crippen LogP contribution in [0.5, 0.6) is 5.75 Å². The Hall–Kier alpha value is -1.91. The molecule has 2 unspecified atom stereocenters. The molecule has 2 aromatic carbocycles. The Labute approximate surface area is 143 Å². The van der Waals surface area contributed by atoms with Crippen LogP contribution in [0.2, 0.25) is 0 Å². The van der Waals surface area contributed by atoms with Crippen LogP contribution in [0.1, 0.15) is 29.9 Å². The number of hydrogen-bond donors (Lipinski definition) is 1. The van der Waals surface area contributed by atoms with Gasteiger partial charge < -0.3 is 10.5 Å². The van der Waals surface area contributed by atoms with Crippen LogP contribution in [0.25, 0.3) is 0 Å². The van der Waals surface area contributed by atoms with Crippen molar-refractivity contribution in [3.05, 3.63) is 65.5 Å². The second-order valence-corrected chi connectivity index (χ2v) is 6.47. The van der Waals surface area contributed by atoms with Gasteiger partial charge in [0.25, 0.3) is 0 Å². The van der Waals surface area contributed by atoms with Crippen LogP contribution < -0.4 is 10.5 Å². The fourth-order valence-corrected chi connectivity index (χ4v) is 3.43. The van der Waals surface area contributed by atoms with Gasteiger partial charge >= 0.3 is 0 Å². The number of piperidine rings is 1. The first-order valence-electron chi connectivity index (χ1n) is 8.54. The van der Waals surface area contributed by atoms with Crippen molar-refractivity contribution in [3.8, 4) is 5.75 Å². The number of halogens is 1. The van der Waals surface area contributed by atoms with Crippen molar-refractivity contribution in [1.29, 1.82) is 0 Å². The van der Waals surface area contributed by atoms with E-state index < -0.39 is 0 Å². The summed E-state index contributed by atoms with van der Waals surface area (Å²) in [6.45, 7) is 1.92. The highest BCUT2D eigenvalue weighted by Gasteiger charge is 2.26. The lowest BCUT2D eigenvalue weighted by Crippen LogP contribution is -2.48. The molecule has 4 heteroatoms. The largest absolute Gasteiger partial charge is 0.497 e. The Kier molecular flexibility index (Phi) is 5.48. The molecule has 0 radical (unpaired) electrons. The van der Waals surface area contributed by atoms with Crippen LogP contribution in [-0.2, 0) is 6.42 Å². The number of likely N-dealkylation sites (tertiary alicyclic amines) is 1. The van der Waals surface area contributed by atoms with Crippen molar-refractivity contribution >= 4 is 0 Å². The molecule has 0 saturated carbocycles. The molecule has 24 heavy (non-hydrogen) atoms. The molecule has 0 aliphatic carbocycles. The molecule has 128 valence electrons. The van der Waals surface area contributed by atoms with Crippen molar-refractivity contribution in [2.24, 2.45) is 5.73 Å². The molecule has 1 aliphatic heterocycles. The minimum Gasteiger partial charge on any atom is -0.497 e. The third-order valence-electron chi connectivity index (χ3n) is 4.95. The lowest BCUT2D eigenvalue weighted by Gasteiger charge is -2.37. The summed E-state index contributed by atoms with van der Waals surface area (Å²) in [6.07, 6.45) is 3.06. The zero-order valence-corrected chi connectivity index (χ0v) is 14.1. The number of benzene rings is 2. The molecule has 2 atom stereocenters. The van der Waals surface area contributed by atoms with Crippen molar-refractivity contribution < 1.29 is 9.13 Å². The SMILES string of the molecule is COc1ccc(C2CCN(CCc3ccc(F)cc3)C(N)C2)cc1. The molecule has 3 nitrogen and oxygen atoms in total. The van der Waals surface area contributed by atoms with Gasteiger partial charge in [-0.2, -0.15) is 0 Å². The van der Waals surface area contributed by atoms with E-state index in [4.69, 9.17) is 10.5 Å². The predicted octanol–water partition coefficient (Wildman–Crippen LogP) is 3.54. The van der Waals surface area contributed by atoms with Gasteiger partial charge in [0.2, 0.25) is 0 Å². The standard InChI is InChI=1S/C20H25FN2O/c1-24-19-8-4-16(5-9-19)17-11-13-23(20(22)14-17)12-10-15-2-6-18(21)7-3-15/h2-9,17,20H,10-14,22H2,1H3. The lowest BCUT2D eigenvalue weighted by atomic mass is 9.87. The Morgan fingerprint density at radius 3 is 2.46 bits per heavy atom. The molecule has 0 amide bonds. The van der Waals surface area contributed by atoms with Crippen LogP contribution in [0.3, 0.4) is 0 Å². The molecule has 3 rings (SSSR count). The minimum atomic E-state index is -0.184. The van der Waals surface area contributed by atoms with E-state index in [0.717, 1.165) is 43.7 Å². The Bertz CT molecular complexity index is 642. The minimum absolute atomic E-state index is 0.0753. The summed E-state index contributed by atoms with van der Waals surface area (Å²) < 4.78 is 18.2. The van der Waals surface area contributed by atoms with Gasteiger partial charge in [0.05, 0.1) is 13.3 Å². The number of nitrogens with zero attached hydrogens (tertiary/aromatic N) is 1. The Morgan fingerprint density at radius 1 is 1.12 bits per heavy atom. The van der Waals surface area contributed by atoms with E-state index in [9.17, 15) is 4.39 Å². The van der Waals surface area contributed by atoms with Crippen molar-refractivity contribution in [2.75, 3.05) is 20.2 Å². The highest BCUT2D eigenvalue weighted by Crippen LogP contribution is 2.31. The number of nitrogens with two attached hydrogens (primary N) is 1. The third kappa shape index (κ3) is 4.13. The fraction of sp³-hybridized carbons (Fsp3) is 0.400. The molecule has 0 aromatic heterocycles. The van der Waals surface area contributed by atoms with Crippen LogP contribution in [0.15, 0.2) is 48.5 Å². The highest BCUT2D eigenvalue weighted by atomic mass is 19.1. The monoisotopic (exact) mass is 328 g/mol. The molecule has 1 fully saturated rings. The van der Waals surface area contributed by atoms with Gasteiger partial charge in [-0.1, -0.05) is 24.3 Å². The number of hydrogen-bond acceptors (Lipinski definition) is 3. The molecule has 1 heterocycles. The molecule has 0 spiro atoms. The van der Waals surface area contributed by atoms with E-state index in [-0.39, 0.29) is 12.0 Å². The summed E-state index contributed by atoms with van der Waals surface area (Å²) in [5.41, 5.74) is 8.88. The van der Waals surface area contributed by atoms with Gasteiger partial charge in [-0.25, -0.2) is 4.39 Å². The van der Waals surface area contributed by atoms with E-state index in [1.54, 1.807) is 7.11 Å². The average Bonchev–Trinajstić information content (AvgIpc) is 2.62.